The Balaban J connectivity index is 1.50. The van der Waals surface area contributed by atoms with E-state index in [1.807, 2.05) is 0 Å². The fraction of sp³-hybridized carbons (Fsp3) is 0.667. The number of primary amides is 1. The molecule has 1 unspecified atom stereocenters. The van der Waals surface area contributed by atoms with Gasteiger partial charge < -0.3 is 45.3 Å². The Hall–Kier alpha value is -2.10. The predicted molar refractivity (Wildman–Crippen MR) is 119 cm³/mol. The van der Waals surface area contributed by atoms with Crippen LogP contribution < -0.4 is 11.1 Å². The first-order valence-electron chi connectivity index (χ1n) is 10.8. The number of fused-ring (bicyclic) bond motifs is 1. The number of aliphatic hydroxyl groups excluding tert-OH is 2. The van der Waals surface area contributed by atoms with Gasteiger partial charge in [0.2, 0.25) is 5.28 Å². The van der Waals surface area contributed by atoms with Gasteiger partial charge in [-0.15, -0.1) is 0 Å². The monoisotopic (exact) mass is 536 g/mol. The molecule has 2 aromatic heterocycles. The molecule has 1 amide bonds. The summed E-state index contributed by atoms with van der Waals surface area (Å²) in [6, 6.07) is 0.240. The van der Waals surface area contributed by atoms with Crippen LogP contribution in [-0.4, -0.2) is 89.3 Å². The highest BCUT2D eigenvalue weighted by molar-refractivity contribution is 7.52. The van der Waals surface area contributed by atoms with Gasteiger partial charge in [-0.25, -0.2) is 9.48 Å². The molecule has 7 N–H and O–H groups in total. The molecule has 3 heterocycles. The highest BCUT2D eigenvalue weighted by Crippen LogP contribution is 2.42. The third-order valence-electron chi connectivity index (χ3n) is 5.90. The smallest absolute Gasteiger partial charge is 0.404 e. The summed E-state index contributed by atoms with van der Waals surface area (Å²) >= 11 is 6.12. The van der Waals surface area contributed by atoms with Crippen LogP contribution in [0.15, 0.2) is 6.20 Å². The van der Waals surface area contributed by atoms with Gasteiger partial charge in [0.15, 0.2) is 17.7 Å². The molecular weight excluding hydrogens is 511 g/mol. The van der Waals surface area contributed by atoms with Crippen molar-refractivity contribution < 1.29 is 43.6 Å². The molecule has 35 heavy (non-hydrogen) atoms. The van der Waals surface area contributed by atoms with E-state index >= 15 is 0 Å². The zero-order valence-electron chi connectivity index (χ0n) is 18.3. The van der Waals surface area contributed by atoms with Crippen LogP contribution in [0.3, 0.4) is 0 Å². The third-order valence-corrected chi connectivity index (χ3v) is 7.11. The second-order valence-corrected chi connectivity index (χ2v) is 10.4. The number of hydrogen-bond donors (Lipinski definition) is 6. The molecular formula is C18H26ClN6O9P. The van der Waals surface area contributed by atoms with Crippen LogP contribution in [0.25, 0.3) is 11.0 Å². The fourth-order valence-corrected chi connectivity index (χ4v) is 4.84. The third kappa shape index (κ3) is 5.84. The number of nitrogens with one attached hydrogen (secondary N) is 1. The highest BCUT2D eigenvalue weighted by Gasteiger charge is 2.46. The molecule has 194 valence electrons. The molecule has 0 aromatic carbocycles. The number of aliphatic hydroxyl groups is 2. The number of aromatic nitrogens is 4. The molecule has 2 aliphatic rings. The molecule has 0 radical (unpaired) electrons. The summed E-state index contributed by atoms with van der Waals surface area (Å²) in [6.45, 7) is -1.36. The maximum Gasteiger partial charge on any atom is 0.404 e. The Bertz CT molecular complexity index is 1110. The number of carbonyl (C=O) groups is 1. The van der Waals surface area contributed by atoms with E-state index in [9.17, 15) is 29.4 Å². The van der Waals surface area contributed by atoms with Crippen molar-refractivity contribution in [2.75, 3.05) is 18.5 Å². The second-order valence-electron chi connectivity index (χ2n) is 8.35. The molecule has 17 heteroatoms. The molecule has 15 nitrogen and oxygen atoms in total. The maximum atomic E-state index is 11.6. The summed E-state index contributed by atoms with van der Waals surface area (Å²) in [4.78, 5) is 38.0. The minimum absolute atomic E-state index is 0.0494. The first-order valence-corrected chi connectivity index (χ1v) is 12.9. The molecule has 0 bridgehead atoms. The summed E-state index contributed by atoms with van der Waals surface area (Å²) in [7, 11) is -4.85. The zero-order chi connectivity index (χ0) is 25.3. The van der Waals surface area contributed by atoms with Crippen molar-refractivity contribution in [1.29, 1.82) is 0 Å². The molecule has 0 spiro atoms. The number of anilines is 1. The second kappa shape index (κ2) is 10.5. The molecule has 5 atom stereocenters. The van der Waals surface area contributed by atoms with Gasteiger partial charge in [-0.05, 0) is 24.4 Å². The molecule has 1 aliphatic carbocycles. The van der Waals surface area contributed by atoms with Crippen molar-refractivity contribution in [2.45, 2.75) is 62.1 Å². The lowest BCUT2D eigenvalue weighted by Gasteiger charge is -2.21. The Morgan fingerprint density at radius 2 is 2.03 bits per heavy atom. The van der Waals surface area contributed by atoms with Crippen molar-refractivity contribution in [2.24, 2.45) is 5.73 Å². The average Bonchev–Trinajstić information content (AvgIpc) is 3.49. The van der Waals surface area contributed by atoms with E-state index in [-0.39, 0.29) is 17.0 Å². The number of nitrogens with zero attached hydrogens (tertiary/aromatic N) is 4. The first kappa shape index (κ1) is 26.0. The van der Waals surface area contributed by atoms with Crippen LogP contribution in [0.4, 0.5) is 10.6 Å². The lowest BCUT2D eigenvalue weighted by Crippen LogP contribution is -2.36. The van der Waals surface area contributed by atoms with Crippen molar-refractivity contribution >= 4 is 42.1 Å². The van der Waals surface area contributed by atoms with Gasteiger partial charge >= 0.3 is 13.7 Å². The van der Waals surface area contributed by atoms with Crippen molar-refractivity contribution in [3.05, 3.63) is 11.5 Å². The maximum absolute atomic E-state index is 11.6. The number of nitrogens with two attached hydrogens (primary N) is 1. The van der Waals surface area contributed by atoms with Crippen LogP contribution >= 0.6 is 19.2 Å². The highest BCUT2D eigenvalue weighted by atomic mass is 35.5. The van der Waals surface area contributed by atoms with E-state index in [4.69, 9.17) is 26.8 Å². The van der Waals surface area contributed by atoms with Gasteiger partial charge in [-0.3, -0.25) is 4.57 Å². The van der Waals surface area contributed by atoms with Gasteiger partial charge in [-0.1, -0.05) is 12.8 Å². The van der Waals surface area contributed by atoms with E-state index in [1.54, 1.807) is 0 Å². The minimum Gasteiger partial charge on any atom is -0.446 e. The predicted octanol–water partition coefficient (Wildman–Crippen LogP) is 0.0691. The van der Waals surface area contributed by atoms with Crippen LogP contribution in [0.5, 0.6) is 0 Å². The average molecular weight is 537 g/mol. The van der Waals surface area contributed by atoms with E-state index in [1.165, 1.54) is 10.9 Å². The van der Waals surface area contributed by atoms with Crippen molar-refractivity contribution in [3.8, 4) is 0 Å². The number of hydrogen-bond acceptors (Lipinski definition) is 11. The van der Waals surface area contributed by atoms with Crippen LogP contribution in [0.2, 0.25) is 5.28 Å². The Kier molecular flexibility index (Phi) is 7.78. The van der Waals surface area contributed by atoms with E-state index < -0.39 is 57.3 Å². The molecule has 1 aliphatic heterocycles. The Labute approximate surface area is 203 Å². The summed E-state index contributed by atoms with van der Waals surface area (Å²) in [5.74, 6) is -1.35. The number of halogens is 1. The lowest BCUT2D eigenvalue weighted by atomic mass is 10.1. The topological polar surface area (TPSA) is 224 Å². The Morgan fingerprint density at radius 1 is 1.31 bits per heavy atom. The Morgan fingerprint density at radius 3 is 2.69 bits per heavy atom. The van der Waals surface area contributed by atoms with E-state index in [2.05, 4.69) is 25.1 Å². The molecule has 1 saturated heterocycles. The van der Waals surface area contributed by atoms with Gasteiger partial charge in [0.05, 0.1) is 18.2 Å². The SMILES string of the molecule is NC(=O)OCC(OC[C@H]1O[C@@H](n2ncc3c(NC4CCCC4)nc(Cl)nc32)[C@H](O)[C@@H]1O)P(=O)(O)O. The quantitative estimate of drug-likeness (QED) is 0.184. The summed E-state index contributed by atoms with van der Waals surface area (Å²) in [5.41, 5.74) is 5.08. The molecule has 4 rings (SSSR count). The van der Waals surface area contributed by atoms with Crippen LogP contribution in [-0.2, 0) is 18.8 Å². The van der Waals surface area contributed by atoms with Gasteiger partial charge in [0, 0.05) is 6.04 Å². The number of rotatable bonds is 9. The van der Waals surface area contributed by atoms with Gasteiger partial charge in [0.1, 0.15) is 30.7 Å². The molecule has 2 aromatic rings. The summed E-state index contributed by atoms with van der Waals surface area (Å²) in [6.07, 6.45) is -0.940. The molecule has 2 fully saturated rings. The lowest BCUT2D eigenvalue weighted by molar-refractivity contribution is -0.0810. The summed E-state index contributed by atoms with van der Waals surface area (Å²) < 4.78 is 28.1. The summed E-state index contributed by atoms with van der Waals surface area (Å²) in [5, 5.41) is 29.1. The standard InChI is InChI=1S/C18H26ClN6O9P/c19-17-23-14(22-8-3-1-2-4-8)9-5-21-25(15(9)24-17)16-13(27)12(26)10(34-16)6-32-11(35(29,30)31)7-33-18(20)28/h5,8,10-13,16,26-27H,1-4,6-7H2,(H2,20,28)(H,22,23,24)(H2,29,30,31)/t10-,11?,12-,13-,16-/m1/s1. The van der Waals surface area contributed by atoms with Crippen LogP contribution in [0, 0.1) is 0 Å². The van der Waals surface area contributed by atoms with E-state index in [0.29, 0.717) is 11.2 Å². The van der Waals surface area contributed by atoms with Gasteiger partial charge in [0.25, 0.3) is 0 Å². The van der Waals surface area contributed by atoms with Crippen molar-refractivity contribution in [3.63, 3.8) is 0 Å². The number of amides is 1. The normalized spacial score (nSPS) is 26.3. The van der Waals surface area contributed by atoms with Gasteiger partial charge in [-0.2, -0.15) is 15.1 Å². The van der Waals surface area contributed by atoms with E-state index in [0.717, 1.165) is 25.7 Å². The zero-order valence-corrected chi connectivity index (χ0v) is 20.0. The van der Waals surface area contributed by atoms with Crippen molar-refractivity contribution in [1.82, 2.24) is 19.7 Å². The number of ether oxygens (including phenoxy) is 3. The first-order chi connectivity index (χ1) is 16.5. The van der Waals surface area contributed by atoms with Crippen LogP contribution in [0.1, 0.15) is 31.9 Å². The molecule has 1 saturated carbocycles. The fourth-order valence-electron chi connectivity index (χ4n) is 4.13. The number of carbonyl (C=O) groups excluding carboxylic acids is 1. The minimum atomic E-state index is -4.85. The largest absolute Gasteiger partial charge is 0.446 e.